The molecule has 0 radical (unpaired) electrons. The first-order valence-corrected chi connectivity index (χ1v) is 13.8. The monoisotopic (exact) mass is 573 g/mol. The Kier molecular flexibility index (Phi) is 7.00. The van der Waals surface area contributed by atoms with Crippen molar-refractivity contribution in [3.8, 4) is 0 Å². The van der Waals surface area contributed by atoms with Crippen molar-refractivity contribution < 1.29 is 36.5 Å². The molecule has 16 heteroatoms. The molecule has 0 amide bonds. The second-order valence-electron chi connectivity index (χ2n) is 10.5. The van der Waals surface area contributed by atoms with E-state index in [4.69, 9.17) is 10.5 Å². The highest BCUT2D eigenvalue weighted by Crippen LogP contribution is 2.57. The number of aromatic nitrogens is 3. The predicted octanol–water partition coefficient (Wildman–Crippen LogP) is 0.207. The van der Waals surface area contributed by atoms with Gasteiger partial charge in [-0.3, -0.25) is 4.90 Å². The zero-order valence-electron chi connectivity index (χ0n) is 21.0. The fourth-order valence-corrected chi connectivity index (χ4v) is 6.85. The van der Waals surface area contributed by atoms with Crippen LogP contribution in [0.25, 0.3) is 0 Å². The van der Waals surface area contributed by atoms with Crippen LogP contribution in [0.3, 0.4) is 0 Å². The molecule has 4 heterocycles. The molecule has 1 aliphatic carbocycles. The minimum atomic E-state index is -4.93. The predicted molar refractivity (Wildman–Crippen MR) is 132 cm³/mol. The molecule has 2 aliphatic heterocycles. The van der Waals surface area contributed by atoms with Crippen LogP contribution in [0, 0.1) is 5.41 Å². The Morgan fingerprint density at radius 3 is 2.59 bits per heavy atom. The van der Waals surface area contributed by atoms with E-state index >= 15 is 0 Å². The molecule has 5 unspecified atom stereocenters. The van der Waals surface area contributed by atoms with Gasteiger partial charge in [0.05, 0.1) is 25.4 Å². The molecule has 2 aromatic heterocycles. The third kappa shape index (κ3) is 5.04. The maximum absolute atomic E-state index is 13.2. The highest BCUT2D eigenvalue weighted by molar-refractivity contribution is 7.89. The van der Waals surface area contributed by atoms with Crippen LogP contribution in [0.15, 0.2) is 35.6 Å². The van der Waals surface area contributed by atoms with Crippen LogP contribution in [0.5, 0.6) is 0 Å². The lowest BCUT2D eigenvalue weighted by Crippen LogP contribution is -2.70. The third-order valence-corrected chi connectivity index (χ3v) is 9.41. The molecule has 3 fully saturated rings. The summed E-state index contributed by atoms with van der Waals surface area (Å²) in [6.45, 7) is 1.84. The summed E-state index contributed by atoms with van der Waals surface area (Å²) in [6.07, 6.45) is -1.31. The highest BCUT2D eigenvalue weighted by Gasteiger charge is 2.67. The molecule has 5 rings (SSSR count). The molecule has 214 valence electrons. The summed E-state index contributed by atoms with van der Waals surface area (Å²) in [6, 6.07) is 2.16. The first kappa shape index (κ1) is 27.9. The van der Waals surface area contributed by atoms with Crippen molar-refractivity contribution in [2.24, 2.45) is 5.41 Å². The lowest BCUT2D eigenvalue weighted by molar-refractivity contribution is -0.259. The molecule has 12 nitrogen and oxygen atoms in total. The number of nitrogens with two attached hydrogens (primary N) is 1. The van der Waals surface area contributed by atoms with Crippen LogP contribution in [-0.2, 0) is 20.4 Å². The van der Waals surface area contributed by atoms with Gasteiger partial charge < -0.3 is 26.0 Å². The Morgan fingerprint density at radius 1 is 1.23 bits per heavy atom. The Hall–Kier alpha value is -2.63. The van der Waals surface area contributed by atoms with E-state index in [9.17, 15) is 31.8 Å². The topological polar surface area (TPSA) is 176 Å². The van der Waals surface area contributed by atoms with Crippen molar-refractivity contribution in [1.29, 1.82) is 0 Å². The number of aliphatic hydroxyl groups excluding tert-OH is 1. The number of hydrogen-bond acceptors (Lipinski definition) is 11. The molecular weight excluding hydrogens is 543 g/mol. The van der Waals surface area contributed by atoms with Crippen molar-refractivity contribution in [2.75, 3.05) is 37.4 Å². The molecule has 3 aliphatic rings. The summed E-state index contributed by atoms with van der Waals surface area (Å²) in [5, 5.41) is 23.2. The normalized spacial score (nSPS) is 29.2. The molecule has 1 spiro atoms. The van der Waals surface area contributed by atoms with Gasteiger partial charge in [0.1, 0.15) is 10.7 Å². The van der Waals surface area contributed by atoms with Gasteiger partial charge in [-0.2, -0.15) is 13.2 Å². The average molecular weight is 574 g/mol. The van der Waals surface area contributed by atoms with Gasteiger partial charge in [0.25, 0.3) is 0 Å². The number of aliphatic hydroxyl groups is 2. The lowest BCUT2D eigenvalue weighted by Gasteiger charge is -2.57. The van der Waals surface area contributed by atoms with Gasteiger partial charge in [-0.25, -0.2) is 28.1 Å². The maximum atomic E-state index is 13.2. The van der Waals surface area contributed by atoms with Gasteiger partial charge in [0.15, 0.2) is 5.60 Å². The first-order valence-electron chi connectivity index (χ1n) is 12.3. The number of nitrogens with one attached hydrogen (secondary N) is 2. The van der Waals surface area contributed by atoms with Gasteiger partial charge in [0, 0.05) is 54.7 Å². The van der Waals surface area contributed by atoms with Crippen LogP contribution in [0.2, 0.25) is 0 Å². The maximum Gasteiger partial charge on any atom is 0.421 e. The molecule has 6 atom stereocenters. The largest absolute Gasteiger partial charge is 0.421 e. The van der Waals surface area contributed by atoms with Crippen molar-refractivity contribution in [3.05, 3.63) is 36.3 Å². The van der Waals surface area contributed by atoms with E-state index in [1.165, 1.54) is 12.1 Å². The lowest BCUT2D eigenvalue weighted by atomic mass is 9.68. The van der Waals surface area contributed by atoms with Crippen LogP contribution < -0.4 is 15.8 Å². The molecule has 2 aromatic rings. The standard InChI is InChI=1S/C23H30F3N7O5S/c1-21(35,23(24,25)26)13-6-29-20(30-7-13)32-14(8-31-39(36,37)16-2-3-19(27)28-9-16)10-33-17-4-15(34)5-22(17)12-38-11-18(22)33/h2-3,6-7,9,14-15,17-18,31,34-35H,4-5,8,10-12H2,1H3,(H2,27,28)(H,29,30,32)/t14-,15?,17?,18?,21?,22?/m1/s1. The number of halogens is 3. The molecule has 6 N–H and O–H groups in total. The van der Waals surface area contributed by atoms with Crippen molar-refractivity contribution in [2.45, 2.75) is 60.7 Å². The van der Waals surface area contributed by atoms with E-state index in [1.54, 1.807) is 0 Å². The van der Waals surface area contributed by atoms with E-state index in [-0.39, 0.29) is 40.7 Å². The van der Waals surface area contributed by atoms with Gasteiger partial charge in [0.2, 0.25) is 16.0 Å². The van der Waals surface area contributed by atoms with Crippen LogP contribution in [0.4, 0.5) is 24.9 Å². The van der Waals surface area contributed by atoms with E-state index in [2.05, 4.69) is 29.9 Å². The molecule has 2 saturated heterocycles. The van der Waals surface area contributed by atoms with Gasteiger partial charge in [-0.15, -0.1) is 0 Å². The van der Waals surface area contributed by atoms with Crippen molar-refractivity contribution >= 4 is 21.8 Å². The summed E-state index contributed by atoms with van der Waals surface area (Å²) >= 11 is 0. The number of ether oxygens (including phenoxy) is 1. The average Bonchev–Trinajstić information content (AvgIpc) is 3.37. The Labute approximate surface area is 222 Å². The van der Waals surface area contributed by atoms with Crippen molar-refractivity contribution in [1.82, 2.24) is 24.6 Å². The van der Waals surface area contributed by atoms with Crippen LogP contribution in [-0.4, -0.2) is 95.2 Å². The third-order valence-electron chi connectivity index (χ3n) is 8.01. The summed E-state index contributed by atoms with van der Waals surface area (Å²) in [5.74, 6) is 0.119. The Morgan fingerprint density at radius 2 is 1.95 bits per heavy atom. The van der Waals surface area contributed by atoms with E-state index < -0.39 is 39.5 Å². The molecule has 0 aromatic carbocycles. The van der Waals surface area contributed by atoms with Crippen molar-refractivity contribution in [3.63, 3.8) is 0 Å². The van der Waals surface area contributed by atoms with Gasteiger partial charge in [-0.05, 0) is 31.9 Å². The minimum absolute atomic E-state index is 0.0454. The number of nitrogens with zero attached hydrogens (tertiary/aromatic N) is 4. The summed E-state index contributed by atoms with van der Waals surface area (Å²) in [7, 11) is -3.97. The van der Waals surface area contributed by atoms with Gasteiger partial charge in [-0.1, -0.05) is 0 Å². The summed E-state index contributed by atoms with van der Waals surface area (Å²) in [5.41, 5.74) is 1.73. The fraction of sp³-hybridized carbons (Fsp3) is 0.609. The zero-order valence-corrected chi connectivity index (χ0v) is 21.8. The fourth-order valence-electron chi connectivity index (χ4n) is 5.83. The molecule has 39 heavy (non-hydrogen) atoms. The summed E-state index contributed by atoms with van der Waals surface area (Å²) < 4.78 is 73.6. The summed E-state index contributed by atoms with van der Waals surface area (Å²) in [4.78, 5) is 13.8. The Bertz CT molecular complexity index is 1300. The van der Waals surface area contributed by atoms with E-state index in [1.807, 2.05) is 0 Å². The van der Waals surface area contributed by atoms with Gasteiger partial charge >= 0.3 is 6.18 Å². The van der Waals surface area contributed by atoms with E-state index in [0.717, 1.165) is 18.6 Å². The number of nitrogen functional groups attached to an aromatic ring is 1. The first-order chi connectivity index (χ1) is 18.2. The Balaban J connectivity index is 1.34. The highest BCUT2D eigenvalue weighted by atomic mass is 32.2. The number of pyridine rings is 1. The molecular formula is C23H30F3N7O5S. The van der Waals surface area contributed by atoms with E-state index in [0.29, 0.717) is 39.5 Å². The molecule has 0 bridgehead atoms. The SMILES string of the molecule is CC(O)(c1cnc(N[C@H](CNS(=O)(=O)c2ccc(N)nc2)CN2C3COCC34CC(O)CC24)nc1)C(F)(F)F. The number of alkyl halides is 3. The quantitative estimate of drug-likeness (QED) is 0.277. The number of likely N-dealkylation sites (tertiary alicyclic amines) is 1. The number of rotatable bonds is 9. The van der Waals surface area contributed by atoms with Crippen LogP contribution in [0.1, 0.15) is 25.3 Å². The number of hydrogen-bond donors (Lipinski definition) is 5. The zero-order chi connectivity index (χ0) is 28.2. The number of sulfonamides is 1. The number of anilines is 2. The minimum Gasteiger partial charge on any atom is -0.393 e. The molecule has 1 saturated carbocycles. The second kappa shape index (κ2) is 9.78. The van der Waals surface area contributed by atoms with Crippen LogP contribution >= 0.6 is 0 Å². The smallest absolute Gasteiger partial charge is 0.393 e. The second-order valence-corrected chi connectivity index (χ2v) is 12.3.